The summed E-state index contributed by atoms with van der Waals surface area (Å²) in [7, 11) is 0. The maximum absolute atomic E-state index is 7.07. The summed E-state index contributed by atoms with van der Waals surface area (Å²) in [6.07, 6.45) is 9.31. The zero-order valence-corrected chi connectivity index (χ0v) is 19.4. The predicted octanol–water partition coefficient (Wildman–Crippen LogP) is 8.52. The molecule has 0 amide bonds. The van der Waals surface area contributed by atoms with Crippen molar-refractivity contribution in [3.05, 3.63) is 89.5 Å². The highest BCUT2D eigenvalue weighted by molar-refractivity contribution is 5.92. The van der Waals surface area contributed by atoms with Crippen LogP contribution in [0.3, 0.4) is 0 Å². The van der Waals surface area contributed by atoms with Gasteiger partial charge in [0.15, 0.2) is 0 Å². The van der Waals surface area contributed by atoms with Crippen LogP contribution < -0.4 is 4.74 Å². The van der Waals surface area contributed by atoms with E-state index in [0.717, 1.165) is 18.6 Å². The van der Waals surface area contributed by atoms with Gasteiger partial charge in [-0.15, -0.1) is 6.58 Å². The zero-order valence-electron chi connectivity index (χ0n) is 19.4. The van der Waals surface area contributed by atoms with Crippen LogP contribution in [0, 0.1) is 25.7 Å². The molecule has 1 aliphatic rings. The monoisotopic (exact) mass is 412 g/mol. The van der Waals surface area contributed by atoms with E-state index >= 15 is 0 Å². The molecule has 0 N–H and O–H groups in total. The van der Waals surface area contributed by atoms with Gasteiger partial charge < -0.3 is 4.74 Å². The fourth-order valence-electron chi connectivity index (χ4n) is 5.64. The summed E-state index contributed by atoms with van der Waals surface area (Å²) in [6.45, 7) is 10.7. The molecule has 3 atom stereocenters. The van der Waals surface area contributed by atoms with Crippen LogP contribution in [0.4, 0.5) is 0 Å². The summed E-state index contributed by atoms with van der Waals surface area (Å²) in [4.78, 5) is 0. The number of ether oxygens (including phenoxy) is 1. The van der Waals surface area contributed by atoms with Gasteiger partial charge in [-0.1, -0.05) is 80.4 Å². The average molecular weight is 413 g/mol. The molecule has 0 saturated heterocycles. The Labute approximate surface area is 188 Å². The first-order chi connectivity index (χ1) is 15.1. The number of benzene rings is 3. The standard InChI is InChI=1S/C30H36O/c1-5-7-13-23(12-6-2)27-19-18-24-14-8-9-16-26(24)30(27)31-29-22(4)20-21(3)25-15-10-11-17-28(25)29/h5,8-11,14-17,20,23,27,30H,1,6-7,12-13,18-19H2,2-4H3/t23?,27-,30+/m1/s1. The van der Waals surface area contributed by atoms with Crippen LogP contribution in [0.25, 0.3) is 10.8 Å². The smallest absolute Gasteiger partial charge is 0.131 e. The van der Waals surface area contributed by atoms with E-state index in [0.29, 0.717) is 11.8 Å². The van der Waals surface area contributed by atoms with Crippen LogP contribution in [-0.2, 0) is 6.42 Å². The molecule has 0 heterocycles. The van der Waals surface area contributed by atoms with E-state index in [9.17, 15) is 0 Å². The van der Waals surface area contributed by atoms with Gasteiger partial charge in [0.2, 0.25) is 0 Å². The number of hydrogen-bond acceptors (Lipinski definition) is 1. The SMILES string of the molecule is C=CCCC(CCC)[C@H]1CCc2ccccc2[C@@H]1Oc1c(C)cc(C)c2ccccc12. The number of rotatable bonds is 8. The Bertz CT molecular complexity index is 1050. The van der Waals surface area contributed by atoms with E-state index < -0.39 is 0 Å². The van der Waals surface area contributed by atoms with Gasteiger partial charge in [0.25, 0.3) is 0 Å². The van der Waals surface area contributed by atoms with Gasteiger partial charge >= 0.3 is 0 Å². The van der Waals surface area contributed by atoms with Crippen molar-refractivity contribution < 1.29 is 4.74 Å². The Morgan fingerprint density at radius 2 is 1.74 bits per heavy atom. The summed E-state index contributed by atoms with van der Waals surface area (Å²) in [5.74, 6) is 2.26. The van der Waals surface area contributed by atoms with E-state index in [1.54, 1.807) is 0 Å². The quantitative estimate of drug-likeness (QED) is 0.337. The number of allylic oxidation sites excluding steroid dienone is 1. The van der Waals surface area contributed by atoms with Crippen LogP contribution in [0.5, 0.6) is 5.75 Å². The molecule has 0 aliphatic heterocycles. The van der Waals surface area contributed by atoms with E-state index in [2.05, 4.69) is 88.0 Å². The van der Waals surface area contributed by atoms with E-state index in [1.807, 2.05) is 0 Å². The lowest BCUT2D eigenvalue weighted by atomic mass is 9.72. The second-order valence-electron chi connectivity index (χ2n) is 9.24. The molecule has 1 aliphatic carbocycles. The third kappa shape index (κ3) is 4.42. The molecule has 3 aromatic rings. The van der Waals surface area contributed by atoms with Crippen molar-refractivity contribution in [3.63, 3.8) is 0 Å². The summed E-state index contributed by atoms with van der Waals surface area (Å²) < 4.78 is 7.07. The van der Waals surface area contributed by atoms with Crippen molar-refractivity contribution >= 4 is 10.8 Å². The normalized spacial score (nSPS) is 19.1. The first-order valence-corrected chi connectivity index (χ1v) is 12.0. The predicted molar refractivity (Wildman–Crippen MR) is 133 cm³/mol. The lowest BCUT2D eigenvalue weighted by Crippen LogP contribution is -2.31. The summed E-state index contributed by atoms with van der Waals surface area (Å²) >= 11 is 0. The molecule has 0 radical (unpaired) electrons. The Hall–Kier alpha value is -2.54. The first kappa shape index (κ1) is 21.7. The molecule has 0 saturated carbocycles. The molecule has 0 spiro atoms. The molecule has 0 bridgehead atoms. The van der Waals surface area contributed by atoms with Gasteiger partial charge in [-0.05, 0) is 73.1 Å². The fraction of sp³-hybridized carbons (Fsp3) is 0.400. The molecule has 1 heteroatoms. The minimum atomic E-state index is 0.108. The highest BCUT2D eigenvalue weighted by Gasteiger charge is 2.36. The fourth-order valence-corrected chi connectivity index (χ4v) is 5.64. The van der Waals surface area contributed by atoms with Crippen molar-refractivity contribution in [2.75, 3.05) is 0 Å². The zero-order chi connectivity index (χ0) is 21.8. The minimum absolute atomic E-state index is 0.108. The molecule has 1 nitrogen and oxygen atoms in total. The Morgan fingerprint density at radius 1 is 1.00 bits per heavy atom. The molecular weight excluding hydrogens is 376 g/mol. The van der Waals surface area contributed by atoms with Gasteiger partial charge in [-0.25, -0.2) is 0 Å². The average Bonchev–Trinajstić information content (AvgIpc) is 2.79. The third-order valence-corrected chi connectivity index (χ3v) is 7.14. The van der Waals surface area contributed by atoms with Crippen molar-refractivity contribution in [1.29, 1.82) is 0 Å². The Kier molecular flexibility index (Phi) is 6.80. The van der Waals surface area contributed by atoms with Crippen LogP contribution in [0.1, 0.15) is 67.4 Å². The molecule has 1 unspecified atom stereocenters. The Balaban J connectivity index is 1.79. The van der Waals surface area contributed by atoms with E-state index in [-0.39, 0.29) is 6.10 Å². The van der Waals surface area contributed by atoms with Crippen LogP contribution in [-0.4, -0.2) is 0 Å². The minimum Gasteiger partial charge on any atom is -0.484 e. The van der Waals surface area contributed by atoms with E-state index in [1.165, 1.54) is 58.7 Å². The van der Waals surface area contributed by atoms with E-state index in [4.69, 9.17) is 4.74 Å². The lowest BCUT2D eigenvalue weighted by Gasteiger charge is -2.39. The highest BCUT2D eigenvalue weighted by atomic mass is 16.5. The van der Waals surface area contributed by atoms with Crippen LogP contribution in [0.2, 0.25) is 0 Å². The van der Waals surface area contributed by atoms with Crippen LogP contribution in [0.15, 0.2) is 67.3 Å². The summed E-state index contributed by atoms with van der Waals surface area (Å²) in [6, 6.07) is 19.9. The van der Waals surface area contributed by atoms with Gasteiger partial charge in [-0.3, -0.25) is 0 Å². The lowest BCUT2D eigenvalue weighted by molar-refractivity contribution is 0.0723. The van der Waals surface area contributed by atoms with Crippen molar-refractivity contribution in [1.82, 2.24) is 0 Å². The molecule has 0 aromatic heterocycles. The van der Waals surface area contributed by atoms with Gasteiger partial charge in [0, 0.05) is 11.3 Å². The second kappa shape index (κ2) is 9.73. The number of fused-ring (bicyclic) bond motifs is 2. The highest BCUT2D eigenvalue weighted by Crippen LogP contribution is 2.46. The molecular formula is C30H36O. The van der Waals surface area contributed by atoms with Gasteiger partial charge in [0.05, 0.1) is 0 Å². The number of hydrogen-bond donors (Lipinski definition) is 0. The maximum Gasteiger partial charge on any atom is 0.131 e. The van der Waals surface area contributed by atoms with Crippen molar-refractivity contribution in [2.24, 2.45) is 11.8 Å². The maximum atomic E-state index is 7.07. The topological polar surface area (TPSA) is 9.23 Å². The molecule has 31 heavy (non-hydrogen) atoms. The Morgan fingerprint density at radius 3 is 2.52 bits per heavy atom. The number of aryl methyl sites for hydroxylation is 3. The van der Waals surface area contributed by atoms with Crippen molar-refractivity contribution in [3.8, 4) is 5.75 Å². The second-order valence-corrected chi connectivity index (χ2v) is 9.24. The molecule has 162 valence electrons. The third-order valence-electron chi connectivity index (χ3n) is 7.14. The summed E-state index contributed by atoms with van der Waals surface area (Å²) in [5.41, 5.74) is 5.39. The van der Waals surface area contributed by atoms with Gasteiger partial charge in [-0.2, -0.15) is 0 Å². The molecule has 4 rings (SSSR count). The van der Waals surface area contributed by atoms with Crippen molar-refractivity contribution in [2.45, 2.75) is 65.4 Å². The molecule has 0 fully saturated rings. The first-order valence-electron chi connectivity index (χ1n) is 12.0. The molecule has 3 aromatic carbocycles. The van der Waals surface area contributed by atoms with Gasteiger partial charge in [0.1, 0.15) is 11.9 Å². The summed E-state index contributed by atoms with van der Waals surface area (Å²) in [5, 5.41) is 2.53. The van der Waals surface area contributed by atoms with Crippen LogP contribution >= 0.6 is 0 Å². The largest absolute Gasteiger partial charge is 0.484 e.